The highest BCUT2D eigenvalue weighted by molar-refractivity contribution is 7.92. The Balaban J connectivity index is 1.55. The smallest absolute Gasteiger partial charge is 0.256 e. The predicted molar refractivity (Wildman–Crippen MR) is 134 cm³/mol. The molecule has 0 saturated heterocycles. The molecular weight excluding hydrogens is 530 g/mol. The molecule has 0 aliphatic heterocycles. The summed E-state index contributed by atoms with van der Waals surface area (Å²) in [6.45, 7) is 1.77. The maximum absolute atomic E-state index is 13.7. The van der Waals surface area contributed by atoms with Crippen molar-refractivity contribution in [1.82, 2.24) is 4.98 Å². The molecule has 0 spiro atoms. The van der Waals surface area contributed by atoms with Crippen LogP contribution < -0.4 is 5.32 Å². The molecule has 2 aliphatic rings. The van der Waals surface area contributed by atoms with Gasteiger partial charge in [-0.15, -0.1) is 11.3 Å². The van der Waals surface area contributed by atoms with Crippen LogP contribution in [0.3, 0.4) is 0 Å². The number of sulfone groups is 1. The second kappa shape index (κ2) is 9.16. The maximum Gasteiger partial charge on any atom is 0.256 e. The van der Waals surface area contributed by atoms with E-state index in [1.54, 1.807) is 18.5 Å². The molecule has 3 aromatic rings. The summed E-state index contributed by atoms with van der Waals surface area (Å²) in [5.41, 5.74) is -0.571. The van der Waals surface area contributed by atoms with Crippen LogP contribution in [0.15, 0.2) is 46.8 Å². The highest BCUT2D eigenvalue weighted by atomic mass is 35.5. The molecule has 36 heavy (non-hydrogen) atoms. The van der Waals surface area contributed by atoms with Crippen molar-refractivity contribution in [1.29, 1.82) is 0 Å². The first-order valence-electron chi connectivity index (χ1n) is 11.4. The predicted octanol–water partition coefficient (Wildman–Crippen LogP) is 5.71. The van der Waals surface area contributed by atoms with Crippen molar-refractivity contribution in [2.75, 3.05) is 5.32 Å². The number of thiazole rings is 1. The molecule has 1 aromatic heterocycles. The summed E-state index contributed by atoms with van der Waals surface area (Å²) in [6.07, 6.45) is 3.70. The number of aromatic nitrogens is 1. The fourth-order valence-corrected chi connectivity index (χ4v) is 8.56. The van der Waals surface area contributed by atoms with Gasteiger partial charge in [-0.3, -0.25) is 4.79 Å². The minimum Gasteiger partial charge on any atom is -0.390 e. The largest absolute Gasteiger partial charge is 0.390 e. The number of carbonyl (C=O) groups excluding carboxylic acids is 1. The van der Waals surface area contributed by atoms with Crippen LogP contribution in [0.2, 0.25) is 5.02 Å². The lowest BCUT2D eigenvalue weighted by atomic mass is 9.76. The second-order valence-electron chi connectivity index (χ2n) is 9.58. The van der Waals surface area contributed by atoms with Gasteiger partial charge < -0.3 is 10.4 Å². The summed E-state index contributed by atoms with van der Waals surface area (Å²) in [4.78, 5) is 17.3. The van der Waals surface area contributed by atoms with Crippen molar-refractivity contribution in [3.05, 3.63) is 64.1 Å². The van der Waals surface area contributed by atoms with Crippen LogP contribution in [-0.2, 0) is 9.84 Å². The van der Waals surface area contributed by atoms with Gasteiger partial charge in [0.25, 0.3) is 5.91 Å². The molecule has 2 fully saturated rings. The Labute approximate surface area is 216 Å². The van der Waals surface area contributed by atoms with Gasteiger partial charge in [-0.25, -0.2) is 22.2 Å². The average Bonchev–Trinajstić information content (AvgIpc) is 3.36. The summed E-state index contributed by atoms with van der Waals surface area (Å²) in [5.74, 6) is -3.15. The molecule has 1 amide bonds. The lowest BCUT2D eigenvalue weighted by Crippen LogP contribution is -2.45. The number of hydrogen-bond donors (Lipinski definition) is 2. The van der Waals surface area contributed by atoms with Gasteiger partial charge in [0, 0.05) is 28.9 Å². The van der Waals surface area contributed by atoms with Gasteiger partial charge in [-0.2, -0.15) is 0 Å². The Morgan fingerprint density at radius 2 is 1.86 bits per heavy atom. The summed E-state index contributed by atoms with van der Waals surface area (Å²) >= 11 is 7.74. The van der Waals surface area contributed by atoms with E-state index in [1.165, 1.54) is 29.5 Å². The number of rotatable bonds is 5. The number of anilines is 1. The third kappa shape index (κ3) is 4.34. The van der Waals surface area contributed by atoms with Crippen LogP contribution in [0.25, 0.3) is 10.6 Å². The quantitative estimate of drug-likeness (QED) is 0.423. The highest BCUT2D eigenvalue weighted by Gasteiger charge is 2.53. The number of aliphatic hydroxyl groups is 1. The van der Waals surface area contributed by atoms with Crippen LogP contribution in [0.1, 0.15) is 43.0 Å². The zero-order valence-electron chi connectivity index (χ0n) is 19.2. The van der Waals surface area contributed by atoms with E-state index < -0.39 is 38.2 Å². The fraction of sp³-hybridized carbons (Fsp3) is 0.360. The van der Waals surface area contributed by atoms with E-state index in [0.29, 0.717) is 23.4 Å². The van der Waals surface area contributed by atoms with E-state index in [0.717, 1.165) is 25.0 Å². The van der Waals surface area contributed by atoms with Gasteiger partial charge in [0.1, 0.15) is 5.01 Å². The van der Waals surface area contributed by atoms with E-state index >= 15 is 0 Å². The summed E-state index contributed by atoms with van der Waals surface area (Å²) in [5, 5.41) is 14.7. The first-order valence-corrected chi connectivity index (χ1v) is 14.2. The zero-order chi connectivity index (χ0) is 25.8. The Hall–Kier alpha value is -2.40. The number of carbonyl (C=O) groups is 1. The highest BCUT2D eigenvalue weighted by Crippen LogP contribution is 2.52. The number of nitrogens with zero attached hydrogens (tertiary/aromatic N) is 1. The average molecular weight is 553 g/mol. The molecule has 2 aliphatic carbocycles. The third-order valence-corrected chi connectivity index (χ3v) is 11.0. The molecule has 4 atom stereocenters. The van der Waals surface area contributed by atoms with Crippen LogP contribution in [0.4, 0.5) is 14.5 Å². The van der Waals surface area contributed by atoms with Crippen molar-refractivity contribution in [3.63, 3.8) is 0 Å². The van der Waals surface area contributed by atoms with E-state index in [1.807, 2.05) is 0 Å². The van der Waals surface area contributed by atoms with Crippen molar-refractivity contribution in [2.45, 2.75) is 48.4 Å². The van der Waals surface area contributed by atoms with Crippen LogP contribution in [0.5, 0.6) is 0 Å². The number of hydrogen-bond acceptors (Lipinski definition) is 6. The number of benzene rings is 2. The Morgan fingerprint density at radius 1 is 1.17 bits per heavy atom. The number of nitrogens with one attached hydrogen (secondary N) is 1. The molecule has 190 valence electrons. The van der Waals surface area contributed by atoms with Gasteiger partial charge in [0.2, 0.25) is 0 Å². The Bertz CT molecular complexity index is 1430. The van der Waals surface area contributed by atoms with Gasteiger partial charge in [-0.05, 0) is 68.7 Å². The summed E-state index contributed by atoms with van der Waals surface area (Å²) in [7, 11) is -3.95. The van der Waals surface area contributed by atoms with Crippen molar-refractivity contribution >= 4 is 44.4 Å². The van der Waals surface area contributed by atoms with E-state index in [-0.39, 0.29) is 33.0 Å². The first kappa shape index (κ1) is 25.3. The van der Waals surface area contributed by atoms with E-state index in [2.05, 4.69) is 10.3 Å². The molecule has 2 N–H and O–H groups in total. The number of halogens is 3. The minimum absolute atomic E-state index is 0.00873. The lowest BCUT2D eigenvalue weighted by molar-refractivity contribution is -0.0413. The molecule has 6 nitrogen and oxygen atoms in total. The minimum atomic E-state index is -3.95. The number of fused-ring (bicyclic) bond motifs is 2. The van der Waals surface area contributed by atoms with Gasteiger partial charge in [0.15, 0.2) is 21.5 Å². The Morgan fingerprint density at radius 3 is 2.47 bits per heavy atom. The SMILES string of the molecule is CC1(O)C2CC[C@H]1CC(S(=O)(=O)c1cc(C(=O)Nc3ccc(F)c(F)c3)c(-c3nccs3)cc1Cl)C2. The van der Waals surface area contributed by atoms with E-state index in [9.17, 15) is 27.1 Å². The molecule has 2 bridgehead atoms. The molecule has 5 rings (SSSR count). The monoisotopic (exact) mass is 552 g/mol. The van der Waals surface area contributed by atoms with Crippen LogP contribution in [0, 0.1) is 23.5 Å². The Kier molecular flexibility index (Phi) is 6.43. The maximum atomic E-state index is 13.7. The standard InChI is InChI=1S/C25H23ClF2N2O4S2/c1-25(32)13-2-3-14(25)9-16(8-13)36(33,34)22-12-17(18(11-19(22)26)24-29-6-7-35-24)23(31)30-15-4-5-20(27)21(28)10-15/h4-7,10-14,16,32H,2-3,8-9H2,1H3,(H,30,31)/t13-,14?,16?,25?/m0/s1. The van der Waals surface area contributed by atoms with E-state index in [4.69, 9.17) is 11.6 Å². The summed E-state index contributed by atoms with van der Waals surface area (Å²) < 4.78 is 54.5. The normalized spacial score (nSPS) is 25.6. The molecule has 1 heterocycles. The van der Waals surface area contributed by atoms with Gasteiger partial charge in [-0.1, -0.05) is 11.6 Å². The van der Waals surface area contributed by atoms with Crippen LogP contribution in [-0.4, -0.2) is 35.3 Å². The van der Waals surface area contributed by atoms with Crippen molar-refractivity contribution in [3.8, 4) is 10.6 Å². The number of amides is 1. The first-order chi connectivity index (χ1) is 17.0. The van der Waals surface area contributed by atoms with Crippen molar-refractivity contribution in [2.24, 2.45) is 11.8 Å². The molecule has 11 heteroatoms. The van der Waals surface area contributed by atoms with Gasteiger partial charge in [0.05, 0.1) is 26.3 Å². The summed E-state index contributed by atoms with van der Waals surface area (Å²) in [6, 6.07) is 5.57. The molecule has 2 aromatic carbocycles. The van der Waals surface area contributed by atoms with Crippen molar-refractivity contribution < 1.29 is 27.1 Å². The second-order valence-corrected chi connectivity index (χ2v) is 13.1. The topological polar surface area (TPSA) is 96.4 Å². The van der Waals surface area contributed by atoms with Crippen LogP contribution >= 0.6 is 22.9 Å². The molecule has 0 radical (unpaired) electrons. The molecule has 2 saturated carbocycles. The molecular formula is C25H23ClF2N2O4S2. The zero-order valence-corrected chi connectivity index (χ0v) is 21.6. The van der Waals surface area contributed by atoms with Gasteiger partial charge >= 0.3 is 0 Å². The fourth-order valence-electron chi connectivity index (χ4n) is 5.46. The molecule has 3 unspecified atom stereocenters. The lowest BCUT2D eigenvalue weighted by Gasteiger charge is -2.40. The third-order valence-electron chi connectivity index (χ3n) is 7.51.